The van der Waals surface area contributed by atoms with Crippen LogP contribution in [0.1, 0.15) is 59.3 Å². The Bertz CT molecular complexity index is 231. The van der Waals surface area contributed by atoms with Gasteiger partial charge in [-0.05, 0) is 39.5 Å². The first-order valence-corrected chi connectivity index (χ1v) is 7.70. The number of carbonyl (C=O) groups excluding carboxylic acids is 1. The molecule has 0 radical (unpaired) electrons. The topological polar surface area (TPSA) is 32.3 Å². The molecule has 1 aliphatic rings. The lowest BCUT2D eigenvalue weighted by Crippen LogP contribution is -2.43. The molecular weight excluding hydrogens is 224 g/mol. The third-order valence-electron chi connectivity index (χ3n) is 4.30. The van der Waals surface area contributed by atoms with Crippen LogP contribution < -0.4 is 5.32 Å². The van der Waals surface area contributed by atoms with Crippen molar-refractivity contribution >= 4 is 5.91 Å². The van der Waals surface area contributed by atoms with Gasteiger partial charge in [-0.1, -0.05) is 25.7 Å². The van der Waals surface area contributed by atoms with Gasteiger partial charge in [0.2, 0.25) is 5.91 Å². The van der Waals surface area contributed by atoms with Crippen LogP contribution in [0.25, 0.3) is 0 Å². The van der Waals surface area contributed by atoms with Crippen molar-refractivity contribution in [1.29, 1.82) is 0 Å². The van der Waals surface area contributed by atoms with Crippen molar-refractivity contribution in [2.45, 2.75) is 65.3 Å². The number of carbonyl (C=O) groups is 1. The van der Waals surface area contributed by atoms with Crippen LogP contribution in [0, 0.1) is 5.92 Å². The molecule has 0 bridgehead atoms. The first-order valence-electron chi connectivity index (χ1n) is 7.70. The fourth-order valence-corrected chi connectivity index (χ4v) is 2.91. The van der Waals surface area contributed by atoms with Gasteiger partial charge in [0.1, 0.15) is 0 Å². The van der Waals surface area contributed by atoms with Gasteiger partial charge in [0.05, 0.1) is 6.54 Å². The summed E-state index contributed by atoms with van der Waals surface area (Å²) in [4.78, 5) is 13.8. The molecule has 106 valence electrons. The molecule has 0 heterocycles. The molecule has 1 aliphatic carbocycles. The van der Waals surface area contributed by atoms with Gasteiger partial charge >= 0.3 is 0 Å². The number of amides is 1. The van der Waals surface area contributed by atoms with Crippen molar-refractivity contribution in [2.75, 3.05) is 19.6 Å². The fraction of sp³-hybridized carbons (Fsp3) is 0.933. The highest BCUT2D eigenvalue weighted by atomic mass is 16.2. The Hall–Kier alpha value is -0.570. The van der Waals surface area contributed by atoms with E-state index in [-0.39, 0.29) is 5.91 Å². The summed E-state index contributed by atoms with van der Waals surface area (Å²) in [6, 6.07) is 0.475. The Morgan fingerprint density at radius 2 is 1.72 bits per heavy atom. The molecule has 1 amide bonds. The molecule has 0 aromatic heterocycles. The van der Waals surface area contributed by atoms with E-state index in [0.29, 0.717) is 12.6 Å². The van der Waals surface area contributed by atoms with Crippen LogP contribution in [0.5, 0.6) is 0 Å². The maximum Gasteiger partial charge on any atom is 0.236 e. The first-order chi connectivity index (χ1) is 8.69. The number of nitrogens with zero attached hydrogens (tertiary/aromatic N) is 1. The van der Waals surface area contributed by atoms with Crippen molar-refractivity contribution in [2.24, 2.45) is 5.92 Å². The summed E-state index contributed by atoms with van der Waals surface area (Å²) in [6.45, 7) is 8.45. The van der Waals surface area contributed by atoms with E-state index in [4.69, 9.17) is 0 Å². The molecule has 18 heavy (non-hydrogen) atoms. The Balaban J connectivity index is 2.30. The zero-order valence-corrected chi connectivity index (χ0v) is 12.4. The van der Waals surface area contributed by atoms with Crippen LogP contribution in [-0.2, 0) is 4.79 Å². The van der Waals surface area contributed by atoms with E-state index in [0.717, 1.165) is 19.0 Å². The van der Waals surface area contributed by atoms with Gasteiger partial charge in [0, 0.05) is 19.1 Å². The molecule has 1 atom stereocenters. The van der Waals surface area contributed by atoms with Gasteiger partial charge in [-0.3, -0.25) is 4.79 Å². The van der Waals surface area contributed by atoms with E-state index >= 15 is 0 Å². The first kappa shape index (κ1) is 15.5. The summed E-state index contributed by atoms with van der Waals surface area (Å²) >= 11 is 0. The van der Waals surface area contributed by atoms with Crippen LogP contribution >= 0.6 is 0 Å². The monoisotopic (exact) mass is 254 g/mol. The summed E-state index contributed by atoms with van der Waals surface area (Å²) in [5.41, 5.74) is 0. The van der Waals surface area contributed by atoms with E-state index in [1.807, 2.05) is 18.7 Å². The van der Waals surface area contributed by atoms with Gasteiger partial charge in [-0.15, -0.1) is 0 Å². The van der Waals surface area contributed by atoms with E-state index in [9.17, 15) is 4.79 Å². The highest BCUT2D eigenvalue weighted by Crippen LogP contribution is 2.25. The van der Waals surface area contributed by atoms with Crippen LogP contribution in [0.4, 0.5) is 0 Å². The summed E-state index contributed by atoms with van der Waals surface area (Å²) in [5.74, 6) is 0.998. The second-order valence-corrected chi connectivity index (χ2v) is 5.49. The molecule has 0 saturated heterocycles. The van der Waals surface area contributed by atoms with E-state index in [1.165, 1.54) is 38.5 Å². The smallest absolute Gasteiger partial charge is 0.236 e. The maximum absolute atomic E-state index is 11.9. The normalized spacial score (nSPS) is 19.3. The third-order valence-corrected chi connectivity index (χ3v) is 4.30. The molecule has 3 nitrogen and oxygen atoms in total. The molecule has 1 rings (SSSR count). The molecule has 1 saturated carbocycles. The molecule has 0 unspecified atom stereocenters. The predicted molar refractivity (Wildman–Crippen MR) is 76.6 cm³/mol. The van der Waals surface area contributed by atoms with Crippen molar-refractivity contribution in [3.8, 4) is 0 Å². The minimum atomic E-state index is 0.237. The highest BCUT2D eigenvalue weighted by molar-refractivity contribution is 5.78. The van der Waals surface area contributed by atoms with Gasteiger partial charge in [-0.25, -0.2) is 0 Å². The van der Waals surface area contributed by atoms with Crippen molar-refractivity contribution < 1.29 is 4.79 Å². The molecule has 0 spiro atoms. The zero-order valence-electron chi connectivity index (χ0n) is 12.4. The Morgan fingerprint density at radius 3 is 2.22 bits per heavy atom. The lowest BCUT2D eigenvalue weighted by atomic mass is 9.93. The van der Waals surface area contributed by atoms with E-state index in [2.05, 4.69) is 12.2 Å². The average Bonchev–Trinajstić information content (AvgIpc) is 2.66. The van der Waals surface area contributed by atoms with Crippen LogP contribution in [0.2, 0.25) is 0 Å². The standard InChI is InChI=1S/C15H30N2O/c1-4-17(5-2)15(18)12-16-13(3)14-10-8-6-7-9-11-14/h13-14,16H,4-12H2,1-3H3/t13-/m1/s1. The molecule has 0 aromatic rings. The SMILES string of the molecule is CCN(CC)C(=O)CN[C@H](C)C1CCCCCC1. The zero-order chi connectivity index (χ0) is 13.4. The molecule has 0 aromatic carbocycles. The van der Waals surface area contributed by atoms with Crippen LogP contribution in [-0.4, -0.2) is 36.5 Å². The summed E-state index contributed by atoms with van der Waals surface area (Å²) in [7, 11) is 0. The number of hydrogen-bond donors (Lipinski definition) is 1. The molecule has 1 N–H and O–H groups in total. The summed E-state index contributed by atoms with van der Waals surface area (Å²) in [6.07, 6.45) is 8.16. The predicted octanol–water partition coefficient (Wildman–Crippen LogP) is 2.80. The Labute approximate surface area is 112 Å². The van der Waals surface area contributed by atoms with Crippen molar-refractivity contribution in [3.05, 3.63) is 0 Å². The molecule has 0 aliphatic heterocycles. The van der Waals surface area contributed by atoms with Crippen molar-refractivity contribution in [1.82, 2.24) is 10.2 Å². The molecule has 3 heteroatoms. The average molecular weight is 254 g/mol. The molecular formula is C15H30N2O. The summed E-state index contributed by atoms with van der Waals surface area (Å²) < 4.78 is 0. The number of hydrogen-bond acceptors (Lipinski definition) is 2. The van der Waals surface area contributed by atoms with Crippen LogP contribution in [0.15, 0.2) is 0 Å². The quantitative estimate of drug-likeness (QED) is 0.739. The number of rotatable bonds is 6. The van der Waals surface area contributed by atoms with Gasteiger partial charge < -0.3 is 10.2 Å². The van der Waals surface area contributed by atoms with Gasteiger partial charge in [0.15, 0.2) is 0 Å². The second kappa shape index (κ2) is 8.52. The largest absolute Gasteiger partial charge is 0.342 e. The minimum absolute atomic E-state index is 0.237. The van der Waals surface area contributed by atoms with Crippen molar-refractivity contribution in [3.63, 3.8) is 0 Å². The van der Waals surface area contributed by atoms with Crippen LogP contribution in [0.3, 0.4) is 0 Å². The number of nitrogens with one attached hydrogen (secondary N) is 1. The minimum Gasteiger partial charge on any atom is -0.342 e. The fourth-order valence-electron chi connectivity index (χ4n) is 2.91. The van der Waals surface area contributed by atoms with Gasteiger partial charge in [-0.2, -0.15) is 0 Å². The Morgan fingerprint density at radius 1 is 1.17 bits per heavy atom. The summed E-state index contributed by atoms with van der Waals surface area (Å²) in [5, 5.41) is 3.44. The molecule has 1 fully saturated rings. The highest BCUT2D eigenvalue weighted by Gasteiger charge is 2.19. The van der Waals surface area contributed by atoms with Gasteiger partial charge in [0.25, 0.3) is 0 Å². The third kappa shape index (κ3) is 4.97. The number of likely N-dealkylation sites (N-methyl/N-ethyl adjacent to an activating group) is 1. The van der Waals surface area contributed by atoms with E-state index in [1.54, 1.807) is 0 Å². The Kier molecular flexibility index (Phi) is 7.33. The maximum atomic E-state index is 11.9. The van der Waals surface area contributed by atoms with E-state index < -0.39 is 0 Å². The lowest BCUT2D eigenvalue weighted by molar-refractivity contribution is -0.130. The lowest BCUT2D eigenvalue weighted by Gasteiger charge is -2.25. The second-order valence-electron chi connectivity index (χ2n) is 5.49.